The molecule has 0 heterocycles. The van der Waals surface area contributed by atoms with Gasteiger partial charge in [0.15, 0.2) is 0 Å². The molecule has 0 atom stereocenters. The van der Waals surface area contributed by atoms with Crippen LogP contribution < -0.4 is 0 Å². The Morgan fingerprint density at radius 3 is 2.13 bits per heavy atom. The summed E-state index contributed by atoms with van der Waals surface area (Å²) < 4.78 is 26.2. The number of rotatable bonds is 2. The first-order chi connectivity index (χ1) is 6.97. The topological polar surface area (TPSA) is 37.3 Å². The van der Waals surface area contributed by atoms with Gasteiger partial charge in [-0.3, -0.25) is 4.79 Å². The van der Waals surface area contributed by atoms with E-state index in [2.05, 4.69) is 0 Å². The summed E-state index contributed by atoms with van der Waals surface area (Å²) in [6, 6.07) is 1.99. The average molecular weight is 233 g/mol. The molecule has 0 unspecified atom stereocenters. The molecule has 1 aromatic carbocycles. The van der Waals surface area contributed by atoms with Crippen LogP contribution >= 0.6 is 11.6 Å². The molecule has 5 heteroatoms. The van der Waals surface area contributed by atoms with Crippen LogP contribution in [-0.4, -0.2) is 11.1 Å². The Morgan fingerprint density at radius 2 is 1.80 bits per heavy atom. The Bertz CT molecular complexity index is 418. The predicted molar refractivity (Wildman–Crippen MR) is 49.9 cm³/mol. The van der Waals surface area contributed by atoms with Gasteiger partial charge in [0.05, 0.1) is 5.41 Å². The van der Waals surface area contributed by atoms with Crippen molar-refractivity contribution in [3.8, 4) is 0 Å². The van der Waals surface area contributed by atoms with E-state index in [9.17, 15) is 13.6 Å². The predicted octanol–water partition coefficient (Wildman–Crippen LogP) is 2.73. The molecule has 0 amide bonds. The molecule has 0 aliphatic heterocycles. The van der Waals surface area contributed by atoms with E-state index >= 15 is 0 Å². The minimum absolute atomic E-state index is 0.148. The summed E-state index contributed by atoms with van der Waals surface area (Å²) in [6.45, 7) is 0. The number of carboxylic acid groups (broad SMARTS) is 1. The summed E-state index contributed by atoms with van der Waals surface area (Å²) in [7, 11) is 0. The number of aliphatic carboxylic acids is 1. The Hall–Kier alpha value is -1.16. The summed E-state index contributed by atoms with van der Waals surface area (Å²) in [5.74, 6) is -2.89. The number of halogens is 3. The van der Waals surface area contributed by atoms with Crippen molar-refractivity contribution in [1.29, 1.82) is 0 Å². The molecule has 0 radical (unpaired) electrons. The number of hydrogen-bond acceptors (Lipinski definition) is 1. The van der Waals surface area contributed by atoms with Crippen LogP contribution in [0.1, 0.15) is 18.4 Å². The minimum Gasteiger partial charge on any atom is -0.481 e. The van der Waals surface area contributed by atoms with Crippen LogP contribution in [0.4, 0.5) is 8.78 Å². The molecule has 0 saturated heterocycles. The summed E-state index contributed by atoms with van der Waals surface area (Å²) in [5, 5.41) is 8.33. The zero-order chi connectivity index (χ0) is 11.2. The van der Waals surface area contributed by atoms with Gasteiger partial charge in [0.25, 0.3) is 0 Å². The average Bonchev–Trinajstić information content (AvgIpc) is 2.93. The van der Waals surface area contributed by atoms with Gasteiger partial charge in [0.2, 0.25) is 0 Å². The Kier molecular flexibility index (Phi) is 2.19. The third-order valence-corrected chi connectivity index (χ3v) is 3.06. The fraction of sp³-hybridized carbons (Fsp3) is 0.300. The lowest BCUT2D eigenvalue weighted by Gasteiger charge is -2.10. The smallest absolute Gasteiger partial charge is 0.314 e. The van der Waals surface area contributed by atoms with Crippen molar-refractivity contribution in [2.75, 3.05) is 0 Å². The second-order valence-corrected chi connectivity index (χ2v) is 4.02. The van der Waals surface area contributed by atoms with Gasteiger partial charge in [0, 0.05) is 0 Å². The lowest BCUT2D eigenvalue weighted by molar-refractivity contribution is -0.140. The molecule has 15 heavy (non-hydrogen) atoms. The van der Waals surface area contributed by atoms with E-state index in [1.54, 1.807) is 0 Å². The van der Waals surface area contributed by atoms with E-state index in [1.807, 2.05) is 0 Å². The monoisotopic (exact) mass is 232 g/mol. The van der Waals surface area contributed by atoms with Gasteiger partial charge in [-0.25, -0.2) is 8.78 Å². The highest BCUT2D eigenvalue weighted by atomic mass is 35.5. The maximum absolute atomic E-state index is 13.1. The standard InChI is InChI=1S/C10H7ClF2O2/c11-8-6(12)3-5(4-7(8)13)10(1-2-10)9(14)15/h3-4H,1-2H2,(H,14,15). The van der Waals surface area contributed by atoms with Gasteiger partial charge in [-0.1, -0.05) is 11.6 Å². The molecule has 2 nitrogen and oxygen atoms in total. The molecule has 1 aromatic rings. The molecule has 1 saturated carbocycles. The van der Waals surface area contributed by atoms with E-state index < -0.39 is 28.0 Å². The van der Waals surface area contributed by atoms with Gasteiger partial charge in [0.1, 0.15) is 16.7 Å². The third kappa shape index (κ3) is 1.49. The zero-order valence-electron chi connectivity index (χ0n) is 7.56. The molecule has 1 fully saturated rings. The number of carbonyl (C=O) groups is 1. The molecule has 2 rings (SSSR count). The fourth-order valence-corrected chi connectivity index (χ4v) is 1.69. The molecular weight excluding hydrogens is 226 g/mol. The minimum atomic E-state index is -1.10. The van der Waals surface area contributed by atoms with Crippen LogP contribution in [0, 0.1) is 11.6 Å². The summed E-state index contributed by atoms with van der Waals surface area (Å²) in [6.07, 6.45) is 0.811. The second kappa shape index (κ2) is 3.17. The van der Waals surface area contributed by atoms with Crippen molar-refractivity contribution < 1.29 is 18.7 Å². The first-order valence-electron chi connectivity index (χ1n) is 4.36. The molecule has 1 aliphatic rings. The van der Waals surface area contributed by atoms with E-state index in [0.717, 1.165) is 12.1 Å². The molecule has 0 bridgehead atoms. The van der Waals surface area contributed by atoms with E-state index in [-0.39, 0.29) is 5.56 Å². The van der Waals surface area contributed by atoms with E-state index in [1.165, 1.54) is 0 Å². The summed E-state index contributed by atoms with van der Waals surface area (Å²) in [5.41, 5.74) is -0.957. The highest BCUT2D eigenvalue weighted by molar-refractivity contribution is 6.30. The van der Waals surface area contributed by atoms with Crippen LogP contribution in [0.3, 0.4) is 0 Å². The SMILES string of the molecule is O=C(O)C1(c2cc(F)c(Cl)c(F)c2)CC1. The molecule has 0 spiro atoms. The summed E-state index contributed by atoms with van der Waals surface area (Å²) in [4.78, 5) is 10.9. The Balaban J connectivity index is 2.51. The maximum Gasteiger partial charge on any atom is 0.314 e. The first-order valence-corrected chi connectivity index (χ1v) is 4.73. The maximum atomic E-state index is 13.1. The van der Waals surface area contributed by atoms with Crippen molar-refractivity contribution in [2.45, 2.75) is 18.3 Å². The van der Waals surface area contributed by atoms with Crippen LogP contribution in [0.5, 0.6) is 0 Å². The van der Waals surface area contributed by atoms with Crippen molar-refractivity contribution in [1.82, 2.24) is 0 Å². The molecule has 0 aromatic heterocycles. The van der Waals surface area contributed by atoms with Crippen LogP contribution in [0.2, 0.25) is 5.02 Å². The quantitative estimate of drug-likeness (QED) is 0.796. The van der Waals surface area contributed by atoms with Crippen molar-refractivity contribution in [2.24, 2.45) is 0 Å². The number of carboxylic acids is 1. The van der Waals surface area contributed by atoms with Gasteiger partial charge < -0.3 is 5.11 Å². The first kappa shape index (κ1) is 10.4. The lowest BCUT2D eigenvalue weighted by atomic mass is 9.96. The number of hydrogen-bond donors (Lipinski definition) is 1. The van der Waals surface area contributed by atoms with E-state index in [4.69, 9.17) is 16.7 Å². The highest BCUT2D eigenvalue weighted by Gasteiger charge is 2.52. The van der Waals surface area contributed by atoms with Gasteiger partial charge in [-0.2, -0.15) is 0 Å². The van der Waals surface area contributed by atoms with Crippen molar-refractivity contribution >= 4 is 17.6 Å². The van der Waals surface area contributed by atoms with Gasteiger partial charge in [-0.05, 0) is 30.5 Å². The van der Waals surface area contributed by atoms with Crippen LogP contribution in [0.15, 0.2) is 12.1 Å². The fourth-order valence-electron chi connectivity index (χ4n) is 1.58. The van der Waals surface area contributed by atoms with Crippen molar-refractivity contribution in [3.05, 3.63) is 34.4 Å². The largest absolute Gasteiger partial charge is 0.481 e. The Morgan fingerprint density at radius 1 is 1.33 bits per heavy atom. The molecule has 80 valence electrons. The summed E-state index contributed by atoms with van der Waals surface area (Å²) >= 11 is 5.30. The number of benzene rings is 1. The second-order valence-electron chi connectivity index (χ2n) is 3.64. The normalized spacial score (nSPS) is 17.5. The third-order valence-electron chi connectivity index (χ3n) is 2.70. The molecule has 1 aliphatic carbocycles. The molecular formula is C10H7ClF2O2. The Labute approximate surface area is 89.5 Å². The zero-order valence-corrected chi connectivity index (χ0v) is 8.31. The van der Waals surface area contributed by atoms with E-state index in [0.29, 0.717) is 12.8 Å². The van der Waals surface area contributed by atoms with Gasteiger partial charge in [-0.15, -0.1) is 0 Å². The van der Waals surface area contributed by atoms with Crippen LogP contribution in [0.25, 0.3) is 0 Å². The van der Waals surface area contributed by atoms with Crippen LogP contribution in [-0.2, 0) is 10.2 Å². The lowest BCUT2D eigenvalue weighted by Crippen LogP contribution is -2.19. The van der Waals surface area contributed by atoms with Gasteiger partial charge >= 0.3 is 5.97 Å². The molecule has 1 N–H and O–H groups in total. The highest BCUT2D eigenvalue weighted by Crippen LogP contribution is 2.49. The van der Waals surface area contributed by atoms with Crippen molar-refractivity contribution in [3.63, 3.8) is 0 Å².